The molecule has 4 aromatic rings. The number of hydrogen-bond donors (Lipinski definition) is 0. The van der Waals surface area contributed by atoms with Gasteiger partial charge < -0.3 is 0 Å². The standard InChI is InChI=1S/C32H32/c1-21-15-27(16-22(2)25(21)5)11-13-31-19-29-9-7-8-10-30(29)20-32(31)14-12-28-17-23(3)26(6)24(4)18-28/h7-20H,1-6H3/b13-11+,14-12+. The summed E-state index contributed by atoms with van der Waals surface area (Å²) in [5.74, 6) is 0. The van der Waals surface area contributed by atoms with Gasteiger partial charge in [0.25, 0.3) is 0 Å². The minimum absolute atomic E-state index is 1.23. The largest absolute Gasteiger partial charge is 0.0616 e. The fourth-order valence-corrected chi connectivity index (χ4v) is 4.27. The number of aryl methyl sites for hydroxylation is 4. The van der Waals surface area contributed by atoms with Crippen molar-refractivity contribution in [1.29, 1.82) is 0 Å². The molecule has 0 amide bonds. The van der Waals surface area contributed by atoms with E-state index in [0.29, 0.717) is 0 Å². The molecule has 0 unspecified atom stereocenters. The molecule has 0 N–H and O–H groups in total. The van der Waals surface area contributed by atoms with Crippen LogP contribution in [0.15, 0.2) is 60.7 Å². The molecule has 0 saturated carbocycles. The van der Waals surface area contributed by atoms with Crippen molar-refractivity contribution < 1.29 is 0 Å². The van der Waals surface area contributed by atoms with Gasteiger partial charge in [-0.3, -0.25) is 0 Å². The van der Waals surface area contributed by atoms with Crippen molar-refractivity contribution in [2.45, 2.75) is 41.5 Å². The van der Waals surface area contributed by atoms with Crippen LogP contribution in [0.4, 0.5) is 0 Å². The maximum Gasteiger partial charge on any atom is -0.0177 e. The second kappa shape index (κ2) is 9.01. The molecule has 0 bridgehead atoms. The van der Waals surface area contributed by atoms with Crippen molar-refractivity contribution in [3.63, 3.8) is 0 Å². The maximum atomic E-state index is 2.30. The smallest absolute Gasteiger partial charge is 0.0177 e. The second-order valence-corrected chi connectivity index (χ2v) is 9.05. The predicted octanol–water partition coefficient (Wildman–Crippen LogP) is 9.03. The van der Waals surface area contributed by atoms with Gasteiger partial charge in [0.15, 0.2) is 0 Å². The van der Waals surface area contributed by atoms with Gasteiger partial charge in [-0.2, -0.15) is 0 Å². The lowest BCUT2D eigenvalue weighted by Crippen LogP contribution is -1.89. The number of hydrogen-bond acceptors (Lipinski definition) is 0. The van der Waals surface area contributed by atoms with Crippen molar-refractivity contribution in [3.05, 3.63) is 116 Å². The molecule has 0 heteroatoms. The zero-order valence-electron chi connectivity index (χ0n) is 20.1. The van der Waals surface area contributed by atoms with Gasteiger partial charge in [0, 0.05) is 0 Å². The molecule has 4 rings (SSSR count). The van der Waals surface area contributed by atoms with Crippen molar-refractivity contribution in [1.82, 2.24) is 0 Å². The highest BCUT2D eigenvalue weighted by molar-refractivity contribution is 5.91. The monoisotopic (exact) mass is 416 g/mol. The van der Waals surface area contributed by atoms with E-state index in [1.54, 1.807) is 0 Å². The van der Waals surface area contributed by atoms with E-state index in [4.69, 9.17) is 0 Å². The average Bonchev–Trinajstić information content (AvgIpc) is 2.77. The molecule has 160 valence electrons. The molecule has 0 aliphatic carbocycles. The van der Waals surface area contributed by atoms with Crippen LogP contribution in [0.5, 0.6) is 0 Å². The Morgan fingerprint density at radius 3 is 1.12 bits per heavy atom. The summed E-state index contributed by atoms with van der Waals surface area (Å²) in [5, 5.41) is 2.53. The molecule has 0 aromatic heterocycles. The van der Waals surface area contributed by atoms with E-state index in [9.17, 15) is 0 Å². The predicted molar refractivity (Wildman–Crippen MR) is 143 cm³/mol. The summed E-state index contributed by atoms with van der Waals surface area (Å²) in [4.78, 5) is 0. The first-order chi connectivity index (χ1) is 15.3. The van der Waals surface area contributed by atoms with E-state index in [1.807, 2.05) is 0 Å². The zero-order valence-corrected chi connectivity index (χ0v) is 20.1. The summed E-state index contributed by atoms with van der Waals surface area (Å²) in [7, 11) is 0. The van der Waals surface area contributed by atoms with Gasteiger partial charge in [-0.1, -0.05) is 72.8 Å². The molecule has 0 spiro atoms. The fourth-order valence-electron chi connectivity index (χ4n) is 4.27. The van der Waals surface area contributed by atoms with Crippen LogP contribution in [0.3, 0.4) is 0 Å². The number of rotatable bonds is 4. The topological polar surface area (TPSA) is 0 Å². The van der Waals surface area contributed by atoms with Gasteiger partial charge >= 0.3 is 0 Å². The Kier molecular flexibility index (Phi) is 6.15. The molecule has 0 atom stereocenters. The molecule has 0 radical (unpaired) electrons. The molecule has 0 aliphatic rings. The van der Waals surface area contributed by atoms with Crippen LogP contribution < -0.4 is 0 Å². The lowest BCUT2D eigenvalue weighted by molar-refractivity contribution is 1.26. The highest BCUT2D eigenvalue weighted by Gasteiger charge is 2.04. The van der Waals surface area contributed by atoms with E-state index in [1.165, 1.54) is 66.4 Å². The SMILES string of the molecule is Cc1cc(/C=C/c2cc3ccccc3cc2/C=C/c2cc(C)c(C)c(C)c2)cc(C)c1C. The third-order valence-corrected chi connectivity index (χ3v) is 6.76. The molecular weight excluding hydrogens is 384 g/mol. The number of fused-ring (bicyclic) bond motifs is 1. The molecule has 0 heterocycles. The maximum absolute atomic E-state index is 2.30. The van der Waals surface area contributed by atoms with Gasteiger partial charge in [-0.05, 0) is 120 Å². The van der Waals surface area contributed by atoms with Crippen molar-refractivity contribution >= 4 is 35.1 Å². The van der Waals surface area contributed by atoms with Crippen LogP contribution in [-0.2, 0) is 0 Å². The lowest BCUT2D eigenvalue weighted by atomic mass is 9.96. The molecule has 0 saturated heterocycles. The van der Waals surface area contributed by atoms with Crippen LogP contribution >= 0.6 is 0 Å². The van der Waals surface area contributed by atoms with Gasteiger partial charge in [0.1, 0.15) is 0 Å². The summed E-state index contributed by atoms with van der Waals surface area (Å²) in [6.45, 7) is 13.1. The van der Waals surface area contributed by atoms with Crippen LogP contribution in [0.1, 0.15) is 55.6 Å². The third kappa shape index (κ3) is 4.60. The minimum Gasteiger partial charge on any atom is -0.0616 e. The van der Waals surface area contributed by atoms with Crippen LogP contribution in [0, 0.1) is 41.5 Å². The van der Waals surface area contributed by atoms with E-state index in [0.717, 1.165) is 0 Å². The number of benzene rings is 4. The first-order valence-corrected chi connectivity index (χ1v) is 11.4. The van der Waals surface area contributed by atoms with Gasteiger partial charge in [0.2, 0.25) is 0 Å². The molecular formula is C32H32. The summed E-state index contributed by atoms with van der Waals surface area (Å²) in [5.41, 5.74) is 13.1. The van der Waals surface area contributed by atoms with E-state index >= 15 is 0 Å². The molecule has 4 aromatic carbocycles. The molecule has 32 heavy (non-hydrogen) atoms. The first kappa shape index (κ1) is 21.8. The first-order valence-electron chi connectivity index (χ1n) is 11.4. The quantitative estimate of drug-likeness (QED) is 0.291. The van der Waals surface area contributed by atoms with Gasteiger partial charge in [-0.15, -0.1) is 0 Å². The lowest BCUT2D eigenvalue weighted by Gasteiger charge is -2.09. The van der Waals surface area contributed by atoms with Crippen molar-refractivity contribution in [3.8, 4) is 0 Å². The van der Waals surface area contributed by atoms with Crippen molar-refractivity contribution in [2.75, 3.05) is 0 Å². The second-order valence-electron chi connectivity index (χ2n) is 9.05. The van der Waals surface area contributed by atoms with Crippen LogP contribution in [-0.4, -0.2) is 0 Å². The summed E-state index contributed by atoms with van der Waals surface area (Å²) in [6, 6.07) is 22.3. The Balaban J connectivity index is 1.77. The summed E-state index contributed by atoms with van der Waals surface area (Å²) in [6.07, 6.45) is 8.98. The highest BCUT2D eigenvalue weighted by Crippen LogP contribution is 2.25. The van der Waals surface area contributed by atoms with Gasteiger partial charge in [-0.25, -0.2) is 0 Å². The third-order valence-electron chi connectivity index (χ3n) is 6.76. The minimum atomic E-state index is 1.23. The van der Waals surface area contributed by atoms with Gasteiger partial charge in [0.05, 0.1) is 0 Å². The van der Waals surface area contributed by atoms with Crippen molar-refractivity contribution in [2.24, 2.45) is 0 Å². The molecule has 0 nitrogen and oxygen atoms in total. The Hall–Kier alpha value is -3.38. The Bertz CT molecular complexity index is 1210. The Labute approximate surface area is 192 Å². The van der Waals surface area contributed by atoms with Crippen LogP contribution in [0.25, 0.3) is 35.1 Å². The van der Waals surface area contributed by atoms with E-state index in [-0.39, 0.29) is 0 Å². The highest BCUT2D eigenvalue weighted by atomic mass is 14.1. The van der Waals surface area contributed by atoms with E-state index < -0.39 is 0 Å². The molecule has 0 aliphatic heterocycles. The molecule has 0 fully saturated rings. The Morgan fingerprint density at radius 1 is 0.438 bits per heavy atom. The Morgan fingerprint density at radius 2 is 0.781 bits per heavy atom. The normalized spacial score (nSPS) is 11.8. The van der Waals surface area contributed by atoms with Crippen LogP contribution in [0.2, 0.25) is 0 Å². The summed E-state index contributed by atoms with van der Waals surface area (Å²) >= 11 is 0. The zero-order chi connectivity index (χ0) is 22.8. The van der Waals surface area contributed by atoms with E-state index in [2.05, 4.69) is 127 Å². The summed E-state index contributed by atoms with van der Waals surface area (Å²) < 4.78 is 0. The average molecular weight is 417 g/mol. The fraction of sp³-hybridized carbons (Fsp3) is 0.188.